The number of hydrogen-bond acceptors (Lipinski definition) is 5. The lowest BCUT2D eigenvalue weighted by Crippen LogP contribution is -2.43. The van der Waals surface area contributed by atoms with Gasteiger partial charge in [-0.2, -0.15) is 0 Å². The third-order valence-electron chi connectivity index (χ3n) is 1.89. The van der Waals surface area contributed by atoms with Crippen LogP contribution in [0.3, 0.4) is 0 Å². The van der Waals surface area contributed by atoms with Gasteiger partial charge in [-0.3, -0.25) is 0 Å². The van der Waals surface area contributed by atoms with E-state index in [2.05, 4.69) is 18.5 Å². The second-order valence-electron chi connectivity index (χ2n) is 4.73. The van der Waals surface area contributed by atoms with Gasteiger partial charge in [-0.15, -0.1) is 0 Å². The Labute approximate surface area is 108 Å². The van der Waals surface area contributed by atoms with Crippen LogP contribution in [0.5, 0.6) is 0 Å². The molecule has 0 aromatic carbocycles. The summed E-state index contributed by atoms with van der Waals surface area (Å²) >= 11 is 0. The molecule has 102 valence electrons. The van der Waals surface area contributed by atoms with E-state index in [-0.39, 0.29) is 12.1 Å². The van der Waals surface area contributed by atoms with Gasteiger partial charge >= 0.3 is 11.9 Å². The molecule has 0 spiro atoms. The number of esters is 2. The predicted molar refractivity (Wildman–Crippen MR) is 69.0 cm³/mol. The van der Waals surface area contributed by atoms with Gasteiger partial charge in [0.15, 0.2) is 0 Å². The maximum atomic E-state index is 11.1. The van der Waals surface area contributed by atoms with Crippen LogP contribution in [-0.4, -0.2) is 36.7 Å². The zero-order chi connectivity index (χ0) is 14.2. The highest BCUT2D eigenvalue weighted by Gasteiger charge is 2.18. The van der Waals surface area contributed by atoms with Gasteiger partial charge in [-0.25, -0.2) is 9.59 Å². The van der Waals surface area contributed by atoms with Crippen LogP contribution in [0, 0.1) is 0 Å². The fourth-order valence-corrected chi connectivity index (χ4v) is 1.00. The van der Waals surface area contributed by atoms with Gasteiger partial charge in [-0.1, -0.05) is 13.2 Å². The lowest BCUT2D eigenvalue weighted by Gasteiger charge is -2.24. The highest BCUT2D eigenvalue weighted by Crippen LogP contribution is 2.01. The Morgan fingerprint density at radius 2 is 1.78 bits per heavy atom. The van der Waals surface area contributed by atoms with Crippen molar-refractivity contribution in [2.75, 3.05) is 13.2 Å². The van der Waals surface area contributed by atoms with E-state index in [0.29, 0.717) is 6.54 Å². The highest BCUT2D eigenvalue weighted by atomic mass is 16.6. The number of carbonyl (C=O) groups is 2. The number of hydrogen-bond donors (Lipinski definition) is 1. The molecule has 0 fully saturated rings. The topological polar surface area (TPSA) is 64.6 Å². The summed E-state index contributed by atoms with van der Waals surface area (Å²) < 4.78 is 9.91. The minimum atomic E-state index is -0.557. The molecule has 0 aromatic heterocycles. The zero-order valence-corrected chi connectivity index (χ0v) is 11.2. The third-order valence-corrected chi connectivity index (χ3v) is 1.89. The van der Waals surface area contributed by atoms with Crippen molar-refractivity contribution in [1.29, 1.82) is 0 Å². The fraction of sp³-hybridized carbons (Fsp3) is 0.538. The molecule has 0 bridgehead atoms. The van der Waals surface area contributed by atoms with Crippen LogP contribution in [0.25, 0.3) is 0 Å². The van der Waals surface area contributed by atoms with Gasteiger partial charge in [0.1, 0.15) is 12.7 Å². The Bertz CT molecular complexity index is 317. The summed E-state index contributed by atoms with van der Waals surface area (Å²) in [5.41, 5.74) is -0.124. The summed E-state index contributed by atoms with van der Waals surface area (Å²) in [6.07, 6.45) is 1.57. The monoisotopic (exact) mass is 255 g/mol. The Hall–Kier alpha value is -1.62. The van der Waals surface area contributed by atoms with Crippen LogP contribution in [0.1, 0.15) is 20.8 Å². The molecule has 0 aliphatic heterocycles. The second-order valence-corrected chi connectivity index (χ2v) is 4.73. The van der Waals surface area contributed by atoms with Crippen molar-refractivity contribution < 1.29 is 19.1 Å². The van der Waals surface area contributed by atoms with Crippen LogP contribution < -0.4 is 5.32 Å². The van der Waals surface area contributed by atoms with E-state index in [1.807, 2.05) is 20.8 Å². The minimum Gasteiger partial charge on any atom is -0.459 e. The molecular weight excluding hydrogens is 234 g/mol. The summed E-state index contributed by atoms with van der Waals surface area (Å²) in [6.45, 7) is 12.9. The summed E-state index contributed by atoms with van der Waals surface area (Å²) in [6, 6.07) is 0. The quantitative estimate of drug-likeness (QED) is 0.547. The molecule has 18 heavy (non-hydrogen) atoms. The Morgan fingerprint density at radius 1 is 1.22 bits per heavy atom. The van der Waals surface area contributed by atoms with E-state index in [1.54, 1.807) is 0 Å². The first-order valence-electron chi connectivity index (χ1n) is 5.65. The lowest BCUT2D eigenvalue weighted by atomic mass is 10.1. The van der Waals surface area contributed by atoms with Crippen LogP contribution >= 0.6 is 0 Å². The van der Waals surface area contributed by atoms with Crippen molar-refractivity contribution in [2.24, 2.45) is 0 Å². The molecular formula is C13H21NO4. The molecule has 0 aliphatic carbocycles. The van der Waals surface area contributed by atoms with Gasteiger partial charge in [0.2, 0.25) is 0 Å². The molecule has 0 saturated carbocycles. The van der Waals surface area contributed by atoms with Crippen molar-refractivity contribution in [3.05, 3.63) is 25.3 Å². The first kappa shape index (κ1) is 16.4. The molecule has 1 unspecified atom stereocenters. The molecule has 5 nitrogen and oxygen atoms in total. The summed E-state index contributed by atoms with van der Waals surface area (Å²) in [4.78, 5) is 22.1. The van der Waals surface area contributed by atoms with E-state index < -0.39 is 18.0 Å². The minimum absolute atomic E-state index is 0.0203. The van der Waals surface area contributed by atoms with Crippen molar-refractivity contribution in [1.82, 2.24) is 5.32 Å². The second kappa shape index (κ2) is 7.66. The Balaban J connectivity index is 4.32. The SMILES string of the molecule is C=CC(=O)OCC(CNC(C)(C)C)OC(=O)C=C. The smallest absolute Gasteiger partial charge is 0.330 e. The van der Waals surface area contributed by atoms with Crippen molar-refractivity contribution in [3.63, 3.8) is 0 Å². The first-order chi connectivity index (χ1) is 8.28. The normalized spacial score (nSPS) is 12.4. The summed E-state index contributed by atoms with van der Waals surface area (Å²) in [5, 5.41) is 3.16. The van der Waals surface area contributed by atoms with E-state index in [1.165, 1.54) is 0 Å². The summed E-state index contributed by atoms with van der Waals surface area (Å²) in [5.74, 6) is -1.10. The van der Waals surface area contributed by atoms with Crippen LogP contribution in [0.2, 0.25) is 0 Å². The zero-order valence-electron chi connectivity index (χ0n) is 11.2. The largest absolute Gasteiger partial charge is 0.459 e. The van der Waals surface area contributed by atoms with Gasteiger partial charge in [0.05, 0.1) is 0 Å². The average molecular weight is 255 g/mol. The molecule has 0 amide bonds. The molecule has 0 saturated heterocycles. The summed E-state index contributed by atoms with van der Waals surface area (Å²) in [7, 11) is 0. The molecule has 1 atom stereocenters. The molecule has 0 heterocycles. The van der Waals surface area contributed by atoms with E-state index in [9.17, 15) is 9.59 Å². The van der Waals surface area contributed by atoms with Crippen LogP contribution in [0.15, 0.2) is 25.3 Å². The fourth-order valence-electron chi connectivity index (χ4n) is 1.00. The van der Waals surface area contributed by atoms with Crippen LogP contribution in [0.4, 0.5) is 0 Å². The predicted octanol–water partition coefficient (Wildman–Crippen LogP) is 1.20. The molecule has 0 rings (SSSR count). The number of rotatable bonds is 7. The molecule has 5 heteroatoms. The molecule has 0 aliphatic rings. The van der Waals surface area contributed by atoms with Gasteiger partial charge in [-0.05, 0) is 20.8 Å². The lowest BCUT2D eigenvalue weighted by molar-refractivity contribution is -0.152. The Morgan fingerprint density at radius 3 is 2.22 bits per heavy atom. The number of nitrogens with one attached hydrogen (secondary N) is 1. The standard InChI is InChI=1S/C13H21NO4/c1-6-11(15)17-9-10(18-12(16)7-2)8-14-13(3,4)5/h6-7,10,14H,1-2,8-9H2,3-5H3. The molecule has 0 aromatic rings. The first-order valence-corrected chi connectivity index (χ1v) is 5.65. The maximum absolute atomic E-state index is 11.1. The third kappa shape index (κ3) is 8.52. The van der Waals surface area contributed by atoms with Gasteiger partial charge < -0.3 is 14.8 Å². The molecule has 0 radical (unpaired) electrons. The van der Waals surface area contributed by atoms with E-state index >= 15 is 0 Å². The van der Waals surface area contributed by atoms with Gasteiger partial charge in [0, 0.05) is 24.2 Å². The van der Waals surface area contributed by atoms with E-state index in [0.717, 1.165) is 12.2 Å². The Kier molecular flexibility index (Phi) is 6.97. The highest BCUT2D eigenvalue weighted by molar-refractivity contribution is 5.82. The number of ether oxygens (including phenoxy) is 2. The molecule has 1 N–H and O–H groups in total. The maximum Gasteiger partial charge on any atom is 0.330 e. The van der Waals surface area contributed by atoms with Gasteiger partial charge in [0.25, 0.3) is 0 Å². The van der Waals surface area contributed by atoms with Crippen LogP contribution in [-0.2, 0) is 19.1 Å². The van der Waals surface area contributed by atoms with Crippen molar-refractivity contribution >= 4 is 11.9 Å². The number of carbonyl (C=O) groups excluding carboxylic acids is 2. The average Bonchev–Trinajstić information content (AvgIpc) is 2.30. The van der Waals surface area contributed by atoms with Crippen molar-refractivity contribution in [2.45, 2.75) is 32.4 Å². The van der Waals surface area contributed by atoms with E-state index in [4.69, 9.17) is 9.47 Å². The van der Waals surface area contributed by atoms with Crippen molar-refractivity contribution in [3.8, 4) is 0 Å².